The molecule has 1 radical (unpaired) electrons. The van der Waals surface area contributed by atoms with Gasteiger partial charge in [-0.1, -0.05) is 0 Å². The molecule has 2 heterocycles. The van der Waals surface area contributed by atoms with E-state index < -0.39 is 0 Å². The third-order valence-electron chi connectivity index (χ3n) is 0.812. The van der Waals surface area contributed by atoms with E-state index in [0.29, 0.717) is 0 Å². The first kappa shape index (κ1) is 10.2. The van der Waals surface area contributed by atoms with Gasteiger partial charge in [-0.2, -0.15) is 0 Å². The van der Waals surface area contributed by atoms with Crippen molar-refractivity contribution in [1.29, 1.82) is 0 Å². The van der Waals surface area contributed by atoms with Crippen LogP contribution in [0.4, 0.5) is 0 Å². The molecule has 0 amide bonds. The molecule has 11 heavy (non-hydrogen) atoms. The van der Waals surface area contributed by atoms with Crippen LogP contribution in [0.15, 0.2) is 37.4 Å². The first-order chi connectivity index (χ1) is 5.00. The van der Waals surface area contributed by atoms with Gasteiger partial charge in [0, 0.05) is 47.2 Å². The van der Waals surface area contributed by atoms with Crippen molar-refractivity contribution in [2.75, 3.05) is 0 Å². The first-order valence-corrected chi connectivity index (χ1v) is 2.85. The number of imidazole rings is 2. The number of aromatic amines is 2. The number of rotatable bonds is 0. The zero-order valence-electron chi connectivity index (χ0n) is 5.66. The second kappa shape index (κ2) is 7.27. The van der Waals surface area contributed by atoms with Gasteiger partial charge in [0.25, 0.3) is 0 Å². The van der Waals surface area contributed by atoms with Crippen LogP contribution in [0.25, 0.3) is 0 Å². The van der Waals surface area contributed by atoms with Gasteiger partial charge in [0.05, 0.1) is 12.7 Å². The van der Waals surface area contributed by atoms with Crippen LogP contribution in [-0.2, 0) is 22.4 Å². The molecule has 0 aliphatic rings. The summed E-state index contributed by atoms with van der Waals surface area (Å²) in [5.74, 6) is 0. The average molecular weight is 244 g/mol. The fourth-order valence-electron chi connectivity index (χ4n) is 0.430. The molecule has 0 aliphatic carbocycles. The van der Waals surface area contributed by atoms with Gasteiger partial charge in [0.15, 0.2) is 0 Å². The minimum absolute atomic E-state index is 0. The third kappa shape index (κ3) is 5.60. The Hall–Kier alpha value is -0.840. The molecule has 0 aliphatic heterocycles. The Morgan fingerprint density at radius 1 is 0.818 bits per heavy atom. The van der Waals surface area contributed by atoms with Crippen LogP contribution < -0.4 is 0 Å². The molecule has 2 N–H and O–H groups in total. The molecule has 0 bridgehead atoms. The molecule has 2 aromatic heterocycles. The molecule has 0 spiro atoms. The Balaban J connectivity index is 0.000000167. The van der Waals surface area contributed by atoms with Gasteiger partial charge in [-0.15, -0.1) is 0 Å². The van der Waals surface area contributed by atoms with Crippen molar-refractivity contribution in [3.05, 3.63) is 37.4 Å². The van der Waals surface area contributed by atoms with Crippen LogP contribution >= 0.6 is 0 Å². The molecule has 0 aromatic carbocycles. The summed E-state index contributed by atoms with van der Waals surface area (Å²) < 4.78 is 0. The van der Waals surface area contributed by atoms with Crippen molar-refractivity contribution in [3.63, 3.8) is 0 Å². The molecule has 63 valence electrons. The largest absolute Gasteiger partial charge is 0.351 e. The normalized spacial score (nSPS) is 7.27. The predicted molar refractivity (Wildman–Crippen MR) is 37.2 cm³/mol. The predicted octanol–water partition coefficient (Wildman–Crippen LogP) is 0.817. The van der Waals surface area contributed by atoms with Gasteiger partial charge >= 0.3 is 0 Å². The Labute approximate surface area is 80.0 Å². The van der Waals surface area contributed by atoms with Crippen molar-refractivity contribution in [2.24, 2.45) is 0 Å². The number of aromatic nitrogens is 4. The van der Waals surface area contributed by atoms with Gasteiger partial charge in [0.2, 0.25) is 0 Å². The quantitative estimate of drug-likeness (QED) is 0.674. The molecule has 0 saturated heterocycles. The Morgan fingerprint density at radius 2 is 1.27 bits per heavy atom. The number of H-pyrrole nitrogens is 2. The van der Waals surface area contributed by atoms with E-state index in [0.717, 1.165) is 0 Å². The summed E-state index contributed by atoms with van der Waals surface area (Å²) in [6.45, 7) is 0. The smallest absolute Gasteiger partial charge is 0.0919 e. The summed E-state index contributed by atoms with van der Waals surface area (Å²) in [6.07, 6.45) is 10.2. The molecule has 0 unspecified atom stereocenters. The van der Waals surface area contributed by atoms with Crippen LogP contribution in [-0.4, -0.2) is 19.9 Å². The molecule has 0 saturated carbocycles. The van der Waals surface area contributed by atoms with Gasteiger partial charge < -0.3 is 9.97 Å². The topological polar surface area (TPSA) is 57.4 Å². The van der Waals surface area contributed by atoms with Crippen molar-refractivity contribution >= 4 is 0 Å². The maximum Gasteiger partial charge on any atom is 0.0919 e. The Morgan fingerprint density at radius 3 is 1.36 bits per heavy atom. The summed E-state index contributed by atoms with van der Waals surface area (Å²) >= 11 is 0. The van der Waals surface area contributed by atoms with E-state index in [1.807, 2.05) is 0 Å². The van der Waals surface area contributed by atoms with E-state index in [2.05, 4.69) is 19.9 Å². The molecule has 4 nitrogen and oxygen atoms in total. The summed E-state index contributed by atoms with van der Waals surface area (Å²) in [5.41, 5.74) is 0. The summed E-state index contributed by atoms with van der Waals surface area (Å²) in [6, 6.07) is 0. The zero-order valence-corrected chi connectivity index (χ0v) is 7.14. The molecule has 2 aromatic rings. The molecule has 5 heteroatoms. The minimum Gasteiger partial charge on any atom is -0.351 e. The summed E-state index contributed by atoms with van der Waals surface area (Å²) in [7, 11) is 0. The van der Waals surface area contributed by atoms with E-state index in [4.69, 9.17) is 0 Å². The Bertz CT molecular complexity index is 154. The second-order valence-corrected chi connectivity index (χ2v) is 1.52. The number of hydrogen-bond acceptors (Lipinski definition) is 2. The monoisotopic (exact) mass is 243 g/mol. The molecule has 2 rings (SSSR count). The van der Waals surface area contributed by atoms with Crippen LogP contribution in [0.2, 0.25) is 0 Å². The van der Waals surface area contributed by atoms with Crippen molar-refractivity contribution in [3.8, 4) is 0 Å². The number of nitrogens with zero attached hydrogens (tertiary/aromatic N) is 2. The molecular weight excluding hydrogens is 236 g/mol. The molecular formula is C6H8AgN4. The summed E-state index contributed by atoms with van der Waals surface area (Å²) in [4.78, 5) is 12.8. The van der Waals surface area contributed by atoms with Gasteiger partial charge in [-0.05, 0) is 0 Å². The van der Waals surface area contributed by atoms with Gasteiger partial charge in [0.1, 0.15) is 0 Å². The van der Waals surface area contributed by atoms with Crippen molar-refractivity contribution < 1.29 is 22.4 Å². The van der Waals surface area contributed by atoms with Crippen LogP contribution in [0, 0.1) is 0 Å². The van der Waals surface area contributed by atoms with E-state index in [-0.39, 0.29) is 22.4 Å². The Kier molecular flexibility index (Phi) is 6.71. The number of hydrogen-bond donors (Lipinski definition) is 2. The maximum atomic E-state index is 3.67. The second-order valence-electron chi connectivity index (χ2n) is 1.52. The first-order valence-electron chi connectivity index (χ1n) is 2.85. The van der Waals surface area contributed by atoms with Crippen LogP contribution in [0.5, 0.6) is 0 Å². The molecule has 0 atom stereocenters. The maximum absolute atomic E-state index is 3.67. The summed E-state index contributed by atoms with van der Waals surface area (Å²) in [5, 5.41) is 0. The minimum atomic E-state index is 0. The van der Waals surface area contributed by atoms with Crippen molar-refractivity contribution in [2.45, 2.75) is 0 Å². The van der Waals surface area contributed by atoms with Crippen LogP contribution in [0.3, 0.4) is 0 Å². The average Bonchev–Trinajstić information content (AvgIpc) is 2.67. The van der Waals surface area contributed by atoms with Gasteiger partial charge in [-0.3, -0.25) is 0 Å². The van der Waals surface area contributed by atoms with Crippen LogP contribution in [0.1, 0.15) is 0 Å². The fraction of sp³-hybridized carbons (Fsp3) is 0. The van der Waals surface area contributed by atoms with Gasteiger partial charge in [-0.25, -0.2) is 9.97 Å². The number of nitrogens with one attached hydrogen (secondary N) is 2. The van der Waals surface area contributed by atoms with E-state index in [1.54, 1.807) is 37.4 Å². The standard InChI is InChI=1S/2C3H4N2.Ag/c2*1-2-5-3-4-1;/h2*1-3H,(H,4,5);. The van der Waals surface area contributed by atoms with E-state index >= 15 is 0 Å². The third-order valence-corrected chi connectivity index (χ3v) is 0.812. The SMILES string of the molecule is [Ag].c1c[nH]cn1.c1c[nH]cn1. The van der Waals surface area contributed by atoms with E-state index in [1.165, 1.54) is 0 Å². The van der Waals surface area contributed by atoms with Crippen molar-refractivity contribution in [1.82, 2.24) is 19.9 Å². The zero-order chi connectivity index (χ0) is 7.07. The fourth-order valence-corrected chi connectivity index (χ4v) is 0.430. The molecule has 0 fully saturated rings. The van der Waals surface area contributed by atoms with E-state index in [9.17, 15) is 0 Å².